The number of hydrogen-bond acceptors (Lipinski definition) is 5. The predicted molar refractivity (Wildman–Crippen MR) is 142 cm³/mol. The molecular weight excluding hydrogens is 490 g/mol. The summed E-state index contributed by atoms with van der Waals surface area (Å²) in [5.41, 5.74) is 2.68. The van der Waals surface area contributed by atoms with Crippen LogP contribution < -0.4 is 19.7 Å². The number of benzene rings is 3. The molecule has 0 aliphatic carbocycles. The molecule has 1 atom stereocenters. The number of carbonyl (C=O) groups is 2. The molecule has 1 aliphatic rings. The minimum Gasteiger partial charge on any atom is -0.497 e. The minimum atomic E-state index is -3.88. The van der Waals surface area contributed by atoms with Gasteiger partial charge in [-0.05, 0) is 72.5 Å². The number of amides is 2. The second-order valence-electron chi connectivity index (χ2n) is 8.57. The Hall–Kier alpha value is -4.11. The van der Waals surface area contributed by atoms with Gasteiger partial charge in [0.2, 0.25) is 5.91 Å². The molecule has 0 radical (unpaired) electrons. The fourth-order valence-corrected chi connectivity index (χ4v) is 5.79. The molecule has 8 nitrogen and oxygen atoms in total. The lowest BCUT2D eigenvalue weighted by molar-refractivity contribution is -0.117. The summed E-state index contributed by atoms with van der Waals surface area (Å²) >= 11 is 0. The number of rotatable bonds is 9. The highest BCUT2D eigenvalue weighted by Gasteiger charge is 2.33. The quantitative estimate of drug-likeness (QED) is 0.420. The molecule has 0 fully saturated rings. The van der Waals surface area contributed by atoms with E-state index < -0.39 is 10.0 Å². The maximum absolute atomic E-state index is 13.5. The van der Waals surface area contributed by atoms with E-state index in [1.165, 1.54) is 34.6 Å². The van der Waals surface area contributed by atoms with Crippen molar-refractivity contribution in [2.45, 2.75) is 23.8 Å². The number of anilines is 1. The number of nitrogens with zero attached hydrogens (tertiary/aromatic N) is 1. The molecule has 37 heavy (non-hydrogen) atoms. The number of hydrogen-bond donors (Lipinski definition) is 2. The Labute approximate surface area is 217 Å². The molecule has 1 unspecified atom stereocenters. The molecule has 4 rings (SSSR count). The second-order valence-corrected chi connectivity index (χ2v) is 10.4. The van der Waals surface area contributed by atoms with Gasteiger partial charge in [0.1, 0.15) is 5.75 Å². The average molecular weight is 520 g/mol. The van der Waals surface area contributed by atoms with Crippen molar-refractivity contribution in [2.24, 2.45) is 0 Å². The number of para-hydroxylation sites is 1. The van der Waals surface area contributed by atoms with Gasteiger partial charge in [-0.3, -0.25) is 13.9 Å². The van der Waals surface area contributed by atoms with Crippen LogP contribution in [0, 0.1) is 0 Å². The number of carbonyl (C=O) groups excluding carboxylic acids is 2. The maximum Gasteiger partial charge on any atom is 0.264 e. The summed E-state index contributed by atoms with van der Waals surface area (Å²) < 4.78 is 33.5. The Balaban J connectivity index is 1.44. The second kappa shape index (κ2) is 11.3. The minimum absolute atomic E-state index is 0.0886. The highest BCUT2D eigenvalue weighted by Crippen LogP contribution is 2.37. The molecule has 192 valence electrons. The molecule has 0 spiro atoms. The Bertz CT molecular complexity index is 1390. The van der Waals surface area contributed by atoms with Crippen molar-refractivity contribution < 1.29 is 22.7 Å². The third-order valence-electron chi connectivity index (χ3n) is 6.27. The van der Waals surface area contributed by atoms with Gasteiger partial charge < -0.3 is 15.4 Å². The smallest absolute Gasteiger partial charge is 0.264 e. The highest BCUT2D eigenvalue weighted by atomic mass is 32.2. The number of ether oxygens (including phenoxy) is 1. The van der Waals surface area contributed by atoms with Gasteiger partial charge in [-0.1, -0.05) is 36.9 Å². The molecule has 0 saturated carbocycles. The average Bonchev–Trinajstić information content (AvgIpc) is 2.93. The van der Waals surface area contributed by atoms with Crippen molar-refractivity contribution in [1.29, 1.82) is 0 Å². The number of nitrogens with one attached hydrogen (secondary N) is 2. The van der Waals surface area contributed by atoms with Gasteiger partial charge in [0.15, 0.2) is 0 Å². The lowest BCUT2D eigenvalue weighted by Gasteiger charge is -2.35. The Morgan fingerprint density at radius 1 is 1.05 bits per heavy atom. The first-order valence-electron chi connectivity index (χ1n) is 11.9. The van der Waals surface area contributed by atoms with E-state index in [-0.39, 0.29) is 29.3 Å². The van der Waals surface area contributed by atoms with Crippen LogP contribution in [-0.4, -0.2) is 40.4 Å². The zero-order valence-corrected chi connectivity index (χ0v) is 21.3. The van der Waals surface area contributed by atoms with Crippen LogP contribution in [0.25, 0.3) is 0 Å². The van der Waals surface area contributed by atoms with Crippen molar-refractivity contribution in [2.75, 3.05) is 24.5 Å². The van der Waals surface area contributed by atoms with Crippen molar-refractivity contribution >= 4 is 27.5 Å². The molecule has 2 amide bonds. The zero-order valence-electron chi connectivity index (χ0n) is 20.5. The first-order chi connectivity index (χ1) is 17.8. The van der Waals surface area contributed by atoms with Gasteiger partial charge in [0.05, 0.1) is 23.7 Å². The number of methoxy groups -OCH3 is 1. The third kappa shape index (κ3) is 5.83. The zero-order chi connectivity index (χ0) is 26.4. The summed E-state index contributed by atoms with van der Waals surface area (Å²) in [7, 11) is -2.27. The first-order valence-corrected chi connectivity index (χ1v) is 13.3. The van der Waals surface area contributed by atoms with Crippen molar-refractivity contribution in [1.82, 2.24) is 10.6 Å². The van der Waals surface area contributed by atoms with E-state index in [9.17, 15) is 18.0 Å². The molecule has 2 N–H and O–H groups in total. The van der Waals surface area contributed by atoms with Crippen molar-refractivity contribution in [3.63, 3.8) is 0 Å². The lowest BCUT2D eigenvalue weighted by Crippen LogP contribution is -2.40. The lowest BCUT2D eigenvalue weighted by atomic mass is 9.98. The Kier molecular flexibility index (Phi) is 7.93. The standard InChI is InChI=1S/C28H29N3O5S/c1-3-27(32)30-25-17-19-31(26-7-5-4-6-24(25)26)37(34,35)23-14-10-21(11-15-23)28(33)29-18-16-20-8-12-22(36-2)13-9-20/h3-15,25H,1,16-19H2,2H3,(H,29,33)(H,30,32). The van der Waals surface area contributed by atoms with E-state index in [2.05, 4.69) is 17.2 Å². The van der Waals surface area contributed by atoms with Gasteiger partial charge in [-0.15, -0.1) is 0 Å². The number of fused-ring (bicyclic) bond motifs is 1. The van der Waals surface area contributed by atoms with Crippen LogP contribution in [0.4, 0.5) is 5.69 Å². The fourth-order valence-electron chi connectivity index (χ4n) is 4.28. The summed E-state index contributed by atoms with van der Waals surface area (Å²) in [6, 6.07) is 20.3. The summed E-state index contributed by atoms with van der Waals surface area (Å²) in [5.74, 6) is 0.186. The summed E-state index contributed by atoms with van der Waals surface area (Å²) in [6.45, 7) is 4.13. The van der Waals surface area contributed by atoms with E-state index in [1.54, 1.807) is 19.2 Å². The van der Waals surface area contributed by atoms with Crippen LogP contribution in [-0.2, 0) is 21.2 Å². The van der Waals surface area contributed by atoms with E-state index >= 15 is 0 Å². The Morgan fingerprint density at radius 2 is 1.76 bits per heavy atom. The van der Waals surface area contributed by atoms with Crippen LogP contribution in [0.15, 0.2) is 90.3 Å². The fraction of sp³-hybridized carbons (Fsp3) is 0.214. The first kappa shape index (κ1) is 26.0. The van der Waals surface area contributed by atoms with Gasteiger partial charge >= 0.3 is 0 Å². The third-order valence-corrected chi connectivity index (χ3v) is 8.09. The summed E-state index contributed by atoms with van der Waals surface area (Å²) in [5, 5.41) is 5.72. The summed E-state index contributed by atoms with van der Waals surface area (Å²) in [6.07, 6.45) is 2.28. The van der Waals surface area contributed by atoms with Gasteiger partial charge in [0, 0.05) is 18.7 Å². The molecule has 9 heteroatoms. The molecule has 1 heterocycles. The molecule has 0 bridgehead atoms. The van der Waals surface area contributed by atoms with Crippen molar-refractivity contribution in [3.05, 3.63) is 102 Å². The molecular formula is C28H29N3O5S. The number of sulfonamides is 1. The van der Waals surface area contributed by atoms with Crippen LogP contribution in [0.2, 0.25) is 0 Å². The molecule has 3 aromatic rings. The molecule has 0 saturated heterocycles. The van der Waals surface area contributed by atoms with Gasteiger partial charge in [0.25, 0.3) is 15.9 Å². The molecule has 3 aromatic carbocycles. The van der Waals surface area contributed by atoms with Gasteiger partial charge in [-0.25, -0.2) is 8.42 Å². The monoisotopic (exact) mass is 519 g/mol. The highest BCUT2D eigenvalue weighted by molar-refractivity contribution is 7.92. The SMILES string of the molecule is C=CC(=O)NC1CCN(S(=O)(=O)c2ccc(C(=O)NCCc3ccc(OC)cc3)cc2)c2ccccc21. The normalized spacial score (nSPS) is 14.8. The maximum atomic E-state index is 13.5. The van der Waals surface area contributed by atoms with Crippen LogP contribution in [0.3, 0.4) is 0 Å². The summed E-state index contributed by atoms with van der Waals surface area (Å²) in [4.78, 5) is 24.5. The van der Waals surface area contributed by atoms with Crippen LogP contribution in [0.5, 0.6) is 5.75 Å². The van der Waals surface area contributed by atoms with E-state index in [0.717, 1.165) is 16.9 Å². The van der Waals surface area contributed by atoms with E-state index in [0.29, 0.717) is 30.6 Å². The Morgan fingerprint density at radius 3 is 2.43 bits per heavy atom. The van der Waals surface area contributed by atoms with Crippen molar-refractivity contribution in [3.8, 4) is 5.75 Å². The molecule has 0 aromatic heterocycles. The van der Waals surface area contributed by atoms with Gasteiger partial charge in [-0.2, -0.15) is 0 Å². The van der Waals surface area contributed by atoms with Crippen LogP contribution >= 0.6 is 0 Å². The van der Waals surface area contributed by atoms with E-state index in [4.69, 9.17) is 4.74 Å². The predicted octanol–water partition coefficient (Wildman–Crippen LogP) is 3.61. The molecule has 1 aliphatic heterocycles. The van der Waals surface area contributed by atoms with Crippen LogP contribution in [0.1, 0.15) is 33.9 Å². The van der Waals surface area contributed by atoms with E-state index in [1.807, 2.05) is 36.4 Å². The topological polar surface area (TPSA) is 105 Å². The largest absolute Gasteiger partial charge is 0.497 e.